The van der Waals surface area contributed by atoms with Crippen molar-refractivity contribution in [2.45, 2.75) is 20.4 Å². The van der Waals surface area contributed by atoms with E-state index in [0.29, 0.717) is 32.2 Å². The summed E-state index contributed by atoms with van der Waals surface area (Å²) in [5.41, 5.74) is 3.17. The quantitative estimate of drug-likeness (QED) is 0.500. The molecule has 0 fully saturated rings. The number of halogens is 1. The van der Waals surface area contributed by atoms with Crippen LogP contribution in [0.4, 0.5) is 5.69 Å². The monoisotopic (exact) mass is 423 g/mol. The number of carbonyl (C=O) groups is 1. The maximum atomic E-state index is 13.0. The third-order valence-corrected chi connectivity index (χ3v) is 6.23. The fraction of sp³-hybridized carbons (Fsp3) is 0.136. The molecule has 1 N–H and O–H groups in total. The van der Waals surface area contributed by atoms with E-state index in [1.165, 1.54) is 17.7 Å². The molecule has 2 heterocycles. The van der Waals surface area contributed by atoms with Gasteiger partial charge in [0.25, 0.3) is 11.5 Å². The highest BCUT2D eigenvalue weighted by atomic mass is 35.5. The Morgan fingerprint density at radius 3 is 2.59 bits per heavy atom. The van der Waals surface area contributed by atoms with Crippen LogP contribution in [0.2, 0.25) is 5.02 Å². The molecule has 5 nitrogen and oxygen atoms in total. The van der Waals surface area contributed by atoms with Crippen molar-refractivity contribution in [2.75, 3.05) is 5.32 Å². The Labute approximate surface area is 176 Å². The van der Waals surface area contributed by atoms with Gasteiger partial charge in [-0.15, -0.1) is 11.3 Å². The molecule has 7 heteroatoms. The van der Waals surface area contributed by atoms with Gasteiger partial charge >= 0.3 is 0 Å². The van der Waals surface area contributed by atoms with Crippen LogP contribution in [0.3, 0.4) is 0 Å². The topological polar surface area (TPSA) is 64.0 Å². The molecule has 29 heavy (non-hydrogen) atoms. The minimum Gasteiger partial charge on any atom is -0.321 e. The van der Waals surface area contributed by atoms with Crippen molar-refractivity contribution in [1.29, 1.82) is 0 Å². The van der Waals surface area contributed by atoms with Crippen molar-refractivity contribution in [3.05, 3.63) is 91.8 Å². The molecular weight excluding hydrogens is 406 g/mol. The first-order valence-corrected chi connectivity index (χ1v) is 10.2. The van der Waals surface area contributed by atoms with Crippen molar-refractivity contribution in [1.82, 2.24) is 9.55 Å². The highest BCUT2D eigenvalue weighted by molar-refractivity contribution is 7.20. The molecule has 0 bridgehead atoms. The highest BCUT2D eigenvalue weighted by Crippen LogP contribution is 2.28. The van der Waals surface area contributed by atoms with E-state index in [-0.39, 0.29) is 11.5 Å². The third-order valence-electron chi connectivity index (χ3n) is 4.78. The molecule has 0 aliphatic rings. The summed E-state index contributed by atoms with van der Waals surface area (Å²) in [7, 11) is 0. The molecule has 4 aromatic rings. The number of para-hydroxylation sites is 1. The van der Waals surface area contributed by atoms with E-state index in [1.807, 2.05) is 43.3 Å². The van der Waals surface area contributed by atoms with Crippen LogP contribution in [0, 0.1) is 13.8 Å². The zero-order valence-corrected chi connectivity index (χ0v) is 17.5. The summed E-state index contributed by atoms with van der Waals surface area (Å²) in [6, 6.07) is 14.9. The van der Waals surface area contributed by atoms with Gasteiger partial charge in [-0.2, -0.15) is 0 Å². The summed E-state index contributed by atoms with van der Waals surface area (Å²) >= 11 is 7.16. The fourth-order valence-corrected chi connectivity index (χ4v) is 4.33. The summed E-state index contributed by atoms with van der Waals surface area (Å²) in [6.07, 6.45) is 1.53. The van der Waals surface area contributed by atoms with E-state index in [1.54, 1.807) is 23.6 Å². The van der Waals surface area contributed by atoms with E-state index in [0.717, 1.165) is 16.8 Å². The van der Waals surface area contributed by atoms with Crippen LogP contribution in [0.25, 0.3) is 10.2 Å². The predicted octanol–water partition coefficient (Wildman–Crippen LogP) is 5.03. The first-order valence-electron chi connectivity index (χ1n) is 9.04. The minimum absolute atomic E-state index is 0.159. The van der Waals surface area contributed by atoms with Gasteiger partial charge < -0.3 is 5.32 Å². The van der Waals surface area contributed by atoms with Crippen LogP contribution in [-0.2, 0) is 6.54 Å². The standard InChI is InChI=1S/C22H18ClN3O2S/c1-13-5-3-4-6-17(13)25-20(27)19-14(2)18-21(29-19)24-12-26(22(18)28)11-15-7-9-16(23)10-8-15/h3-10,12H,11H2,1-2H3,(H,25,27). The predicted molar refractivity (Wildman–Crippen MR) is 118 cm³/mol. The molecule has 0 saturated heterocycles. The molecule has 0 aliphatic carbocycles. The van der Waals surface area contributed by atoms with Crippen molar-refractivity contribution in [3.63, 3.8) is 0 Å². The fourth-order valence-electron chi connectivity index (χ4n) is 3.17. The van der Waals surface area contributed by atoms with E-state index in [2.05, 4.69) is 10.3 Å². The van der Waals surface area contributed by atoms with Gasteiger partial charge in [-0.05, 0) is 48.7 Å². The Balaban J connectivity index is 1.69. The van der Waals surface area contributed by atoms with E-state index >= 15 is 0 Å². The SMILES string of the molecule is Cc1ccccc1NC(=O)c1sc2ncn(Cc3ccc(Cl)cc3)c(=O)c2c1C. The van der Waals surface area contributed by atoms with E-state index in [9.17, 15) is 9.59 Å². The van der Waals surface area contributed by atoms with Crippen LogP contribution in [0.15, 0.2) is 59.7 Å². The summed E-state index contributed by atoms with van der Waals surface area (Å²) in [6.45, 7) is 4.12. The minimum atomic E-state index is -0.233. The average molecular weight is 424 g/mol. The number of hydrogen-bond acceptors (Lipinski definition) is 4. The lowest BCUT2D eigenvalue weighted by molar-refractivity contribution is 0.103. The first kappa shape index (κ1) is 19.4. The number of thiophene rings is 1. The van der Waals surface area contributed by atoms with Gasteiger partial charge in [0.2, 0.25) is 0 Å². The normalized spacial score (nSPS) is 11.0. The van der Waals surface area contributed by atoms with Crippen LogP contribution in [0.5, 0.6) is 0 Å². The summed E-state index contributed by atoms with van der Waals surface area (Å²) < 4.78 is 1.55. The van der Waals surface area contributed by atoms with Crippen molar-refractivity contribution in [3.8, 4) is 0 Å². The molecule has 2 aromatic carbocycles. The highest BCUT2D eigenvalue weighted by Gasteiger charge is 2.20. The Hall–Kier alpha value is -2.96. The summed E-state index contributed by atoms with van der Waals surface area (Å²) in [5.74, 6) is -0.233. The van der Waals surface area contributed by atoms with Gasteiger partial charge in [-0.1, -0.05) is 41.9 Å². The molecule has 0 atom stereocenters. The second-order valence-electron chi connectivity index (χ2n) is 6.81. The zero-order chi connectivity index (χ0) is 20.5. The molecule has 0 aliphatic heterocycles. The van der Waals surface area contributed by atoms with Crippen molar-refractivity contribution < 1.29 is 4.79 Å². The average Bonchev–Trinajstić information content (AvgIpc) is 3.05. The molecule has 1 amide bonds. The van der Waals surface area contributed by atoms with Crippen LogP contribution in [0.1, 0.15) is 26.4 Å². The molecule has 0 radical (unpaired) electrons. The molecule has 146 valence electrons. The molecular formula is C22H18ClN3O2S. The third kappa shape index (κ3) is 3.81. The van der Waals surface area contributed by atoms with Crippen LogP contribution in [-0.4, -0.2) is 15.5 Å². The number of rotatable bonds is 4. The molecule has 4 rings (SSSR count). The number of anilines is 1. The first-order chi connectivity index (χ1) is 13.9. The van der Waals surface area contributed by atoms with Gasteiger partial charge in [0, 0.05) is 10.7 Å². The number of nitrogens with zero attached hydrogens (tertiary/aromatic N) is 2. The number of aromatic nitrogens is 2. The smallest absolute Gasteiger partial charge is 0.266 e. The summed E-state index contributed by atoms with van der Waals surface area (Å²) in [5, 5.41) is 4.06. The lowest BCUT2D eigenvalue weighted by Crippen LogP contribution is -2.21. The van der Waals surface area contributed by atoms with Gasteiger partial charge in [-0.3, -0.25) is 14.2 Å². The zero-order valence-electron chi connectivity index (χ0n) is 15.9. The molecule has 0 saturated carbocycles. The lowest BCUT2D eigenvalue weighted by atomic mass is 10.1. The van der Waals surface area contributed by atoms with Gasteiger partial charge in [0.15, 0.2) is 0 Å². The maximum Gasteiger partial charge on any atom is 0.266 e. The Morgan fingerprint density at radius 1 is 1.14 bits per heavy atom. The van der Waals surface area contributed by atoms with Crippen molar-refractivity contribution >= 4 is 44.7 Å². The molecule has 2 aromatic heterocycles. The van der Waals surface area contributed by atoms with E-state index < -0.39 is 0 Å². The number of fused-ring (bicyclic) bond motifs is 1. The Morgan fingerprint density at radius 2 is 1.86 bits per heavy atom. The van der Waals surface area contributed by atoms with Gasteiger partial charge in [0.1, 0.15) is 4.83 Å². The lowest BCUT2D eigenvalue weighted by Gasteiger charge is -2.07. The number of nitrogens with one attached hydrogen (secondary N) is 1. The van der Waals surface area contributed by atoms with E-state index in [4.69, 9.17) is 11.6 Å². The van der Waals surface area contributed by atoms with Gasteiger partial charge in [-0.25, -0.2) is 4.98 Å². The number of benzene rings is 2. The second kappa shape index (κ2) is 7.81. The van der Waals surface area contributed by atoms with Crippen LogP contribution < -0.4 is 10.9 Å². The number of hydrogen-bond donors (Lipinski definition) is 1. The number of aryl methyl sites for hydroxylation is 2. The Bertz CT molecular complexity index is 1280. The number of amides is 1. The second-order valence-corrected chi connectivity index (χ2v) is 8.24. The maximum absolute atomic E-state index is 13.0. The largest absolute Gasteiger partial charge is 0.321 e. The van der Waals surface area contributed by atoms with Crippen LogP contribution >= 0.6 is 22.9 Å². The summed E-state index contributed by atoms with van der Waals surface area (Å²) in [4.78, 5) is 31.3. The number of carbonyl (C=O) groups excluding carboxylic acids is 1. The Kier molecular flexibility index (Phi) is 5.22. The molecule has 0 spiro atoms. The van der Waals surface area contributed by atoms with Crippen molar-refractivity contribution in [2.24, 2.45) is 0 Å². The van der Waals surface area contributed by atoms with Gasteiger partial charge in [0.05, 0.1) is 23.1 Å². The molecule has 0 unspecified atom stereocenters.